The molecule has 21 heavy (non-hydrogen) atoms. The number of urea groups is 1. The van der Waals surface area contributed by atoms with Crippen LogP contribution in [0.5, 0.6) is 0 Å². The lowest BCUT2D eigenvalue weighted by molar-refractivity contribution is -0.132. The standard InChI is InChI=1S/C16H27N3O2/c1-2-3-4-5-6-7-8-9-10-15(20)18-11-13-19(14-12-18)16(17)21/h1H,3-14H2,(H2,17,21). The molecule has 5 heteroatoms. The molecule has 1 heterocycles. The molecule has 2 N–H and O–H groups in total. The first-order valence-electron chi connectivity index (χ1n) is 7.90. The van der Waals surface area contributed by atoms with Gasteiger partial charge in [0, 0.05) is 39.0 Å². The zero-order chi connectivity index (χ0) is 15.5. The lowest BCUT2D eigenvalue weighted by atomic mass is 10.1. The van der Waals surface area contributed by atoms with Gasteiger partial charge in [0.25, 0.3) is 0 Å². The predicted octanol–water partition coefficient (Wildman–Crippen LogP) is 1.96. The van der Waals surface area contributed by atoms with Crippen LogP contribution < -0.4 is 5.73 Å². The molecule has 0 radical (unpaired) electrons. The fourth-order valence-corrected chi connectivity index (χ4v) is 2.54. The van der Waals surface area contributed by atoms with Gasteiger partial charge in [-0.25, -0.2) is 4.79 Å². The number of carbonyl (C=O) groups is 2. The average molecular weight is 293 g/mol. The highest BCUT2D eigenvalue weighted by Gasteiger charge is 2.22. The highest BCUT2D eigenvalue weighted by molar-refractivity contribution is 5.77. The van der Waals surface area contributed by atoms with Crippen LogP contribution >= 0.6 is 0 Å². The summed E-state index contributed by atoms with van der Waals surface area (Å²) >= 11 is 0. The topological polar surface area (TPSA) is 66.6 Å². The molecule has 0 unspecified atom stereocenters. The third-order valence-electron chi connectivity index (χ3n) is 3.91. The van der Waals surface area contributed by atoms with E-state index in [0.717, 1.165) is 25.7 Å². The summed E-state index contributed by atoms with van der Waals surface area (Å²) in [6.45, 7) is 2.31. The molecule has 1 saturated heterocycles. The maximum absolute atomic E-state index is 12.0. The van der Waals surface area contributed by atoms with Crippen LogP contribution in [0.25, 0.3) is 0 Å². The second-order valence-corrected chi connectivity index (χ2v) is 5.53. The van der Waals surface area contributed by atoms with Gasteiger partial charge >= 0.3 is 6.03 Å². The molecule has 1 rings (SSSR count). The molecular weight excluding hydrogens is 266 g/mol. The molecule has 118 valence electrons. The van der Waals surface area contributed by atoms with Crippen molar-refractivity contribution in [1.29, 1.82) is 0 Å². The Labute approximate surface area is 127 Å². The van der Waals surface area contributed by atoms with Crippen molar-refractivity contribution in [3.05, 3.63) is 0 Å². The Morgan fingerprint density at radius 1 is 0.905 bits per heavy atom. The van der Waals surface area contributed by atoms with E-state index in [-0.39, 0.29) is 5.91 Å². The first kappa shape index (κ1) is 17.4. The van der Waals surface area contributed by atoms with Crippen LogP contribution in [-0.4, -0.2) is 47.9 Å². The number of unbranched alkanes of at least 4 members (excludes halogenated alkanes) is 6. The number of carbonyl (C=O) groups excluding carboxylic acids is 2. The summed E-state index contributed by atoms with van der Waals surface area (Å²) in [5.41, 5.74) is 5.22. The molecule has 1 aliphatic rings. The van der Waals surface area contributed by atoms with Crippen LogP contribution in [0.3, 0.4) is 0 Å². The SMILES string of the molecule is C#CCCCCCCCCC(=O)N1CCN(C(N)=O)CC1. The molecule has 5 nitrogen and oxygen atoms in total. The molecular formula is C16H27N3O2. The van der Waals surface area contributed by atoms with Crippen molar-refractivity contribution < 1.29 is 9.59 Å². The Bertz CT molecular complexity index is 368. The summed E-state index contributed by atoms with van der Waals surface area (Å²) < 4.78 is 0. The molecule has 0 spiro atoms. The van der Waals surface area contributed by atoms with Gasteiger partial charge < -0.3 is 15.5 Å². The summed E-state index contributed by atoms with van der Waals surface area (Å²) in [6.07, 6.45) is 13.4. The number of rotatable bonds is 8. The summed E-state index contributed by atoms with van der Waals surface area (Å²) in [7, 11) is 0. The fourth-order valence-electron chi connectivity index (χ4n) is 2.54. The number of nitrogens with zero attached hydrogens (tertiary/aromatic N) is 2. The van der Waals surface area contributed by atoms with E-state index in [9.17, 15) is 9.59 Å². The van der Waals surface area contributed by atoms with E-state index in [4.69, 9.17) is 12.2 Å². The molecule has 0 aromatic carbocycles. The molecule has 0 aliphatic carbocycles. The minimum Gasteiger partial charge on any atom is -0.351 e. The predicted molar refractivity (Wildman–Crippen MR) is 83.5 cm³/mol. The van der Waals surface area contributed by atoms with Gasteiger partial charge in [-0.2, -0.15) is 0 Å². The summed E-state index contributed by atoms with van der Waals surface area (Å²) in [5.74, 6) is 2.85. The maximum Gasteiger partial charge on any atom is 0.314 e. The Hall–Kier alpha value is -1.70. The third-order valence-corrected chi connectivity index (χ3v) is 3.91. The van der Waals surface area contributed by atoms with Crippen LogP contribution in [0.1, 0.15) is 51.4 Å². The van der Waals surface area contributed by atoms with E-state index >= 15 is 0 Å². The second-order valence-electron chi connectivity index (χ2n) is 5.53. The van der Waals surface area contributed by atoms with E-state index in [1.165, 1.54) is 19.3 Å². The van der Waals surface area contributed by atoms with Gasteiger partial charge in [0.15, 0.2) is 0 Å². The number of amides is 3. The molecule has 1 fully saturated rings. The number of primary amides is 1. The van der Waals surface area contributed by atoms with Gasteiger partial charge in [-0.3, -0.25) is 4.79 Å². The van der Waals surface area contributed by atoms with Gasteiger partial charge in [0.1, 0.15) is 0 Å². The Kier molecular flexibility index (Phi) is 8.34. The minimum atomic E-state index is -0.396. The molecule has 0 aromatic rings. The Balaban J connectivity index is 2.02. The Morgan fingerprint density at radius 2 is 1.43 bits per heavy atom. The number of piperazine rings is 1. The number of nitrogens with two attached hydrogens (primary N) is 1. The van der Waals surface area contributed by atoms with Crippen molar-refractivity contribution in [3.63, 3.8) is 0 Å². The zero-order valence-corrected chi connectivity index (χ0v) is 12.9. The van der Waals surface area contributed by atoms with Crippen LogP contribution in [0.4, 0.5) is 4.79 Å². The van der Waals surface area contributed by atoms with Crippen LogP contribution in [0.2, 0.25) is 0 Å². The molecule has 0 atom stereocenters. The van der Waals surface area contributed by atoms with E-state index in [1.807, 2.05) is 4.90 Å². The van der Waals surface area contributed by atoms with Crippen LogP contribution in [0.15, 0.2) is 0 Å². The van der Waals surface area contributed by atoms with Crippen molar-refractivity contribution in [1.82, 2.24) is 9.80 Å². The number of hydrogen-bond acceptors (Lipinski definition) is 2. The quantitative estimate of drug-likeness (QED) is 0.549. The minimum absolute atomic E-state index is 0.200. The zero-order valence-electron chi connectivity index (χ0n) is 12.9. The molecule has 0 saturated carbocycles. The highest BCUT2D eigenvalue weighted by atomic mass is 16.2. The van der Waals surface area contributed by atoms with Crippen LogP contribution in [0, 0.1) is 12.3 Å². The van der Waals surface area contributed by atoms with Crippen molar-refractivity contribution in [3.8, 4) is 12.3 Å². The van der Waals surface area contributed by atoms with Gasteiger partial charge in [-0.05, 0) is 12.8 Å². The fraction of sp³-hybridized carbons (Fsp3) is 0.750. The first-order valence-corrected chi connectivity index (χ1v) is 7.90. The average Bonchev–Trinajstić information content (AvgIpc) is 2.49. The monoisotopic (exact) mass is 293 g/mol. The van der Waals surface area contributed by atoms with E-state index < -0.39 is 6.03 Å². The maximum atomic E-state index is 12.0. The van der Waals surface area contributed by atoms with Gasteiger partial charge in [0.2, 0.25) is 5.91 Å². The summed E-state index contributed by atoms with van der Waals surface area (Å²) in [5, 5.41) is 0. The largest absolute Gasteiger partial charge is 0.351 e. The highest BCUT2D eigenvalue weighted by Crippen LogP contribution is 2.10. The normalized spacial score (nSPS) is 14.8. The molecule has 0 bridgehead atoms. The van der Waals surface area contributed by atoms with E-state index in [0.29, 0.717) is 32.6 Å². The van der Waals surface area contributed by atoms with Crippen molar-refractivity contribution in [2.45, 2.75) is 51.4 Å². The summed E-state index contributed by atoms with van der Waals surface area (Å²) in [4.78, 5) is 26.4. The number of hydrogen-bond donors (Lipinski definition) is 1. The van der Waals surface area contributed by atoms with Gasteiger partial charge in [-0.1, -0.05) is 25.7 Å². The first-order chi connectivity index (χ1) is 10.1. The van der Waals surface area contributed by atoms with Gasteiger partial charge in [-0.15, -0.1) is 12.3 Å². The molecule has 1 aliphatic heterocycles. The second kappa shape index (κ2) is 10.1. The van der Waals surface area contributed by atoms with Crippen LogP contribution in [-0.2, 0) is 4.79 Å². The lowest BCUT2D eigenvalue weighted by Gasteiger charge is -2.33. The number of terminal acetylenes is 1. The van der Waals surface area contributed by atoms with Gasteiger partial charge in [0.05, 0.1) is 0 Å². The molecule has 0 aromatic heterocycles. The van der Waals surface area contributed by atoms with E-state index in [1.54, 1.807) is 4.90 Å². The Morgan fingerprint density at radius 3 is 2.00 bits per heavy atom. The molecule has 3 amide bonds. The van der Waals surface area contributed by atoms with Crippen molar-refractivity contribution >= 4 is 11.9 Å². The van der Waals surface area contributed by atoms with Crippen molar-refractivity contribution in [2.24, 2.45) is 5.73 Å². The van der Waals surface area contributed by atoms with Crippen molar-refractivity contribution in [2.75, 3.05) is 26.2 Å². The smallest absolute Gasteiger partial charge is 0.314 e. The lowest BCUT2D eigenvalue weighted by Crippen LogP contribution is -2.52. The summed E-state index contributed by atoms with van der Waals surface area (Å²) in [6, 6.07) is -0.396. The third kappa shape index (κ3) is 7.03. The van der Waals surface area contributed by atoms with E-state index in [2.05, 4.69) is 5.92 Å².